The first-order chi connectivity index (χ1) is 26.3. The van der Waals surface area contributed by atoms with Crippen LogP contribution in [-0.4, -0.2) is 15.9 Å². The van der Waals surface area contributed by atoms with Crippen molar-refractivity contribution in [2.24, 2.45) is 16.7 Å². The molecule has 0 amide bonds. The smallest absolute Gasteiger partial charge is 0.164 e. The molecule has 1 radical (unpaired) electrons. The van der Waals surface area contributed by atoms with Gasteiger partial charge in [0.1, 0.15) is 17.1 Å². The van der Waals surface area contributed by atoms with E-state index in [2.05, 4.69) is 116 Å². The summed E-state index contributed by atoms with van der Waals surface area (Å²) in [5, 5.41) is 13.8. The normalized spacial score (nSPS) is 12.6. The van der Waals surface area contributed by atoms with Gasteiger partial charge in [0.05, 0.1) is 10.2 Å². The van der Waals surface area contributed by atoms with Crippen LogP contribution in [0.2, 0.25) is 0 Å². The van der Waals surface area contributed by atoms with Crippen LogP contribution in [0.5, 0.6) is 0 Å². The Kier molecular flexibility index (Phi) is 14.7. The number of hydrogen-bond acceptors (Lipinski definition) is 5. The zero-order valence-corrected chi connectivity index (χ0v) is 40.1. The Morgan fingerprint density at radius 3 is 2.11 bits per heavy atom. The monoisotopic (exact) mass is 963 g/mol. The number of allylic oxidation sites excluding steroid dienone is 2. The Morgan fingerprint density at radius 2 is 1.51 bits per heavy atom. The third-order valence-corrected chi connectivity index (χ3v) is 13.7. The molecule has 1 N–H and O–H groups in total. The fourth-order valence-electron chi connectivity index (χ4n) is 7.41. The van der Waals surface area contributed by atoms with Gasteiger partial charge in [0.25, 0.3) is 0 Å². The average Bonchev–Trinajstić information content (AvgIpc) is 3.64. The van der Waals surface area contributed by atoms with Gasteiger partial charge in [0.15, 0.2) is 5.78 Å². The van der Waals surface area contributed by atoms with Gasteiger partial charge in [-0.1, -0.05) is 117 Å². The Morgan fingerprint density at radius 1 is 0.877 bits per heavy atom. The van der Waals surface area contributed by atoms with E-state index in [1.54, 1.807) is 0 Å². The van der Waals surface area contributed by atoms with Crippen molar-refractivity contribution in [1.82, 2.24) is 4.98 Å². The number of carbonyl (C=O) groups excluding carboxylic acids is 1. The molecule has 6 rings (SSSR count). The van der Waals surface area contributed by atoms with E-state index in [4.69, 9.17) is 9.40 Å². The first-order valence-electron chi connectivity index (χ1n) is 20.6. The van der Waals surface area contributed by atoms with Gasteiger partial charge < -0.3 is 9.52 Å². The van der Waals surface area contributed by atoms with Crippen molar-refractivity contribution in [3.05, 3.63) is 99.8 Å². The Bertz CT molecular complexity index is 2400. The molecule has 0 unspecified atom stereocenters. The molecule has 307 valence electrons. The first kappa shape index (κ1) is 46.1. The number of rotatable bonds is 11. The van der Waals surface area contributed by atoms with E-state index in [-0.39, 0.29) is 47.9 Å². The van der Waals surface area contributed by atoms with Crippen LogP contribution < -0.4 is 0 Å². The van der Waals surface area contributed by atoms with Gasteiger partial charge in [0, 0.05) is 58.5 Å². The summed E-state index contributed by atoms with van der Waals surface area (Å²) in [4.78, 5) is 18.8. The predicted octanol–water partition coefficient (Wildman–Crippen LogP) is 15.4. The molecule has 3 aromatic heterocycles. The molecule has 0 saturated heterocycles. The van der Waals surface area contributed by atoms with Gasteiger partial charge in [-0.15, -0.1) is 40.5 Å². The van der Waals surface area contributed by atoms with Gasteiger partial charge in [-0.2, -0.15) is 0 Å². The summed E-state index contributed by atoms with van der Waals surface area (Å²) < 4.78 is 7.41. The van der Waals surface area contributed by atoms with E-state index in [0.29, 0.717) is 5.92 Å². The van der Waals surface area contributed by atoms with Crippen molar-refractivity contribution in [2.45, 2.75) is 134 Å². The largest absolute Gasteiger partial charge is 0.512 e. The summed E-state index contributed by atoms with van der Waals surface area (Å²) in [7, 11) is 0. The van der Waals surface area contributed by atoms with E-state index in [1.165, 1.54) is 54.2 Å². The molecular formula is C51H64IrNO3S-. The van der Waals surface area contributed by atoms with E-state index >= 15 is 0 Å². The molecule has 6 heteroatoms. The molecule has 0 aliphatic rings. The summed E-state index contributed by atoms with van der Waals surface area (Å²) in [6.07, 6.45) is 5.77. The maximum absolute atomic E-state index is 12.2. The first-order valence-corrected chi connectivity index (χ1v) is 21.5. The minimum absolute atomic E-state index is 0. The number of nitrogens with zero attached hydrogens (tertiary/aromatic N) is 1. The van der Waals surface area contributed by atoms with Crippen molar-refractivity contribution < 1.29 is 34.4 Å². The van der Waals surface area contributed by atoms with Crippen LogP contribution in [0.25, 0.3) is 54.3 Å². The fourth-order valence-corrected chi connectivity index (χ4v) is 8.55. The number of carbonyl (C=O) groups is 1. The Balaban J connectivity index is 0.000000341. The standard InChI is InChI=1S/C36H36NOS.C15H28O2.Ir/c1-20(2)15-28-22(4)38-33-14-13-25(17-30(28)33)29-19-32(37-34-21(3)23(5)39-35(29)34)26-16-24-11-9-10-12-27(24)31(18-26)36(6,7)8;1-7-14(5,8-2)12(16)11-13(17)15(6,9-3)10-4;/h9-14,17-20H,15H2,1-8H3;11,16H,7-10H2,1-6H3;/q-1;;/b;12-11-;. The molecule has 0 bridgehead atoms. The van der Waals surface area contributed by atoms with Crippen molar-refractivity contribution in [3.8, 4) is 22.4 Å². The van der Waals surface area contributed by atoms with Crippen LogP contribution in [0.1, 0.15) is 129 Å². The number of fused-ring (bicyclic) bond motifs is 3. The maximum Gasteiger partial charge on any atom is 0.164 e. The van der Waals surface area contributed by atoms with Crippen LogP contribution >= 0.6 is 11.3 Å². The maximum atomic E-state index is 12.2. The molecule has 3 aromatic carbocycles. The molecular weight excluding hydrogens is 899 g/mol. The van der Waals surface area contributed by atoms with E-state index in [9.17, 15) is 9.90 Å². The second-order valence-corrected chi connectivity index (χ2v) is 19.0. The molecule has 0 aliphatic carbocycles. The van der Waals surface area contributed by atoms with Gasteiger partial charge in [-0.05, 0) is 93.0 Å². The SMILES string of the molecule is CCC(C)(CC)C(=O)/C=C(\O)C(C)(CC)CC.Cc1oc2ccc(-c3cc(-c4[c-]c5ccccc5c(C(C)(C)C)c4)nc4c(C)c(C)sc34)cc2c1CC(C)C.[Ir]. The van der Waals surface area contributed by atoms with Gasteiger partial charge in [-0.3, -0.25) is 9.78 Å². The minimum atomic E-state index is -0.337. The van der Waals surface area contributed by atoms with Crippen molar-refractivity contribution in [2.75, 3.05) is 0 Å². The Hall–Kier alpha value is -3.57. The van der Waals surface area contributed by atoms with Crippen molar-refractivity contribution >= 4 is 49.1 Å². The van der Waals surface area contributed by atoms with Gasteiger partial charge >= 0.3 is 0 Å². The number of furan rings is 1. The molecule has 0 spiro atoms. The topological polar surface area (TPSA) is 63.3 Å². The van der Waals surface area contributed by atoms with Crippen LogP contribution in [0.15, 0.2) is 70.8 Å². The number of aromatic nitrogens is 1. The number of aliphatic hydroxyl groups is 1. The van der Waals surface area contributed by atoms with Crippen LogP contribution in [0, 0.1) is 43.6 Å². The quantitative estimate of drug-likeness (QED) is 0.0798. The fraction of sp³-hybridized carbons (Fsp3) is 0.451. The molecule has 6 aromatic rings. The third kappa shape index (κ3) is 9.51. The van der Waals surface area contributed by atoms with E-state index < -0.39 is 0 Å². The zero-order chi connectivity index (χ0) is 41.3. The summed E-state index contributed by atoms with van der Waals surface area (Å²) in [5.74, 6) is 1.88. The van der Waals surface area contributed by atoms with Crippen LogP contribution in [0.3, 0.4) is 0 Å². The number of benzene rings is 3. The van der Waals surface area contributed by atoms with Gasteiger partial charge in [0.2, 0.25) is 0 Å². The molecule has 0 fully saturated rings. The van der Waals surface area contributed by atoms with Crippen molar-refractivity contribution in [3.63, 3.8) is 0 Å². The predicted molar refractivity (Wildman–Crippen MR) is 241 cm³/mol. The number of hydrogen-bond donors (Lipinski definition) is 1. The molecule has 3 heterocycles. The molecule has 0 atom stereocenters. The third-order valence-electron chi connectivity index (χ3n) is 12.5. The summed E-state index contributed by atoms with van der Waals surface area (Å²) in [6, 6.07) is 23.6. The molecule has 4 nitrogen and oxygen atoms in total. The summed E-state index contributed by atoms with van der Waals surface area (Å²) >= 11 is 1.84. The minimum Gasteiger partial charge on any atom is -0.512 e. The molecule has 0 aliphatic heterocycles. The zero-order valence-electron chi connectivity index (χ0n) is 36.8. The number of pyridine rings is 1. The summed E-state index contributed by atoms with van der Waals surface area (Å²) in [6.45, 7) is 30.0. The second kappa shape index (κ2) is 18.1. The second-order valence-electron chi connectivity index (χ2n) is 17.8. The summed E-state index contributed by atoms with van der Waals surface area (Å²) in [5.41, 5.74) is 9.82. The number of aryl methyl sites for hydroxylation is 3. The Labute approximate surface area is 359 Å². The van der Waals surface area contributed by atoms with Crippen molar-refractivity contribution in [1.29, 1.82) is 0 Å². The average molecular weight is 963 g/mol. The molecule has 57 heavy (non-hydrogen) atoms. The van der Waals surface area contributed by atoms with Crippen LogP contribution in [-0.2, 0) is 36.7 Å². The number of thiophene rings is 1. The van der Waals surface area contributed by atoms with E-state index in [0.717, 1.165) is 65.6 Å². The van der Waals surface area contributed by atoms with Gasteiger partial charge in [-0.25, -0.2) is 0 Å². The van der Waals surface area contributed by atoms with Crippen LogP contribution in [0.4, 0.5) is 0 Å². The number of ketones is 1. The molecule has 0 saturated carbocycles. The number of aliphatic hydroxyl groups excluding tert-OH is 1. The van der Waals surface area contributed by atoms with E-state index in [1.807, 2.05) is 52.9 Å².